The number of rotatable bonds is 4. The van der Waals surface area contributed by atoms with E-state index < -0.39 is 11.7 Å². The molecule has 6 heteroatoms. The molecule has 0 aliphatic rings. The summed E-state index contributed by atoms with van der Waals surface area (Å²) in [5.74, 6) is 0. The molecule has 104 valence electrons. The molecule has 0 radical (unpaired) electrons. The van der Waals surface area contributed by atoms with E-state index in [-0.39, 0.29) is 11.6 Å². The summed E-state index contributed by atoms with van der Waals surface area (Å²) >= 11 is 0. The van der Waals surface area contributed by atoms with E-state index >= 15 is 0 Å². The van der Waals surface area contributed by atoms with Crippen LogP contribution in [0.15, 0.2) is 12.4 Å². The van der Waals surface area contributed by atoms with Gasteiger partial charge in [0.05, 0.1) is 17.8 Å². The van der Waals surface area contributed by atoms with Crippen LogP contribution < -0.4 is 5.32 Å². The van der Waals surface area contributed by atoms with Crippen LogP contribution in [-0.2, 0) is 6.18 Å². The minimum absolute atomic E-state index is 0.0148. The fourth-order valence-corrected chi connectivity index (χ4v) is 1.51. The van der Waals surface area contributed by atoms with Crippen LogP contribution >= 0.6 is 0 Å². The van der Waals surface area contributed by atoms with E-state index in [1.54, 1.807) is 0 Å². The Morgan fingerprint density at radius 3 is 2.39 bits per heavy atom. The third-order valence-corrected chi connectivity index (χ3v) is 2.60. The molecule has 1 rings (SSSR count). The van der Waals surface area contributed by atoms with Gasteiger partial charge in [-0.05, 0) is 40.7 Å². The summed E-state index contributed by atoms with van der Waals surface area (Å²) in [7, 11) is 0. The van der Waals surface area contributed by atoms with Crippen LogP contribution in [0.3, 0.4) is 0 Å². The molecule has 1 aromatic rings. The van der Waals surface area contributed by atoms with Crippen molar-refractivity contribution in [2.45, 2.75) is 51.9 Å². The summed E-state index contributed by atoms with van der Waals surface area (Å²) in [5, 5.41) is 7.06. The van der Waals surface area contributed by atoms with Crippen molar-refractivity contribution >= 4 is 0 Å². The summed E-state index contributed by atoms with van der Waals surface area (Å²) in [6, 6.07) is -0.0593. The van der Waals surface area contributed by atoms with Crippen LogP contribution in [0.4, 0.5) is 13.2 Å². The monoisotopic (exact) mass is 263 g/mol. The van der Waals surface area contributed by atoms with Gasteiger partial charge in [-0.15, -0.1) is 0 Å². The fourth-order valence-electron chi connectivity index (χ4n) is 1.51. The zero-order valence-corrected chi connectivity index (χ0v) is 11.2. The van der Waals surface area contributed by atoms with Gasteiger partial charge in [-0.2, -0.15) is 18.3 Å². The second-order valence-electron chi connectivity index (χ2n) is 5.52. The molecule has 0 aliphatic carbocycles. The molecule has 0 bridgehead atoms. The van der Waals surface area contributed by atoms with Crippen molar-refractivity contribution in [2.24, 2.45) is 0 Å². The molecule has 1 aromatic heterocycles. The first-order valence-corrected chi connectivity index (χ1v) is 5.96. The summed E-state index contributed by atoms with van der Waals surface area (Å²) in [4.78, 5) is 0. The number of nitrogens with one attached hydrogen (secondary N) is 1. The summed E-state index contributed by atoms with van der Waals surface area (Å²) in [6.45, 7) is 8.75. The Bertz CT molecular complexity index is 377. The van der Waals surface area contributed by atoms with Gasteiger partial charge in [0.1, 0.15) is 0 Å². The largest absolute Gasteiger partial charge is 0.419 e. The Morgan fingerprint density at radius 2 is 1.94 bits per heavy atom. The highest BCUT2D eigenvalue weighted by atomic mass is 19.4. The van der Waals surface area contributed by atoms with Crippen molar-refractivity contribution in [1.29, 1.82) is 0 Å². The second kappa shape index (κ2) is 5.30. The van der Waals surface area contributed by atoms with Gasteiger partial charge in [-0.25, -0.2) is 0 Å². The van der Waals surface area contributed by atoms with Gasteiger partial charge in [0.15, 0.2) is 0 Å². The molecule has 18 heavy (non-hydrogen) atoms. The molecular formula is C12H20F3N3. The molecule has 1 N–H and O–H groups in total. The van der Waals surface area contributed by atoms with E-state index in [4.69, 9.17) is 0 Å². The lowest BCUT2D eigenvalue weighted by atomic mass is 10.1. The number of nitrogens with zero attached hydrogens (tertiary/aromatic N) is 2. The maximum absolute atomic E-state index is 12.4. The molecule has 0 spiro atoms. The summed E-state index contributed by atoms with van der Waals surface area (Å²) in [5.41, 5.74) is -0.681. The molecule has 3 nitrogen and oxygen atoms in total. The molecular weight excluding hydrogens is 243 g/mol. The average molecular weight is 263 g/mol. The van der Waals surface area contributed by atoms with Crippen LogP contribution in [0.5, 0.6) is 0 Å². The fraction of sp³-hybridized carbons (Fsp3) is 0.750. The van der Waals surface area contributed by atoms with E-state index in [0.29, 0.717) is 0 Å². The van der Waals surface area contributed by atoms with Crippen LogP contribution in [0.2, 0.25) is 0 Å². The van der Waals surface area contributed by atoms with Gasteiger partial charge in [-0.1, -0.05) is 0 Å². The first-order chi connectivity index (χ1) is 8.09. The standard InChI is InChI=1S/C12H20F3N3/c1-9(5-6-16-11(2,3)4)18-8-10(7-17-18)12(13,14)15/h7-9,16H,5-6H2,1-4H3. The topological polar surface area (TPSA) is 29.9 Å². The molecule has 1 heterocycles. The molecule has 0 amide bonds. The molecule has 0 aromatic carbocycles. The van der Waals surface area contributed by atoms with Crippen molar-refractivity contribution in [3.63, 3.8) is 0 Å². The van der Waals surface area contributed by atoms with Crippen molar-refractivity contribution in [2.75, 3.05) is 6.54 Å². The van der Waals surface area contributed by atoms with Crippen LogP contribution in [0, 0.1) is 0 Å². The minimum Gasteiger partial charge on any atom is -0.312 e. The Labute approximate surface area is 105 Å². The zero-order chi connectivity index (χ0) is 14.0. The van der Waals surface area contributed by atoms with Gasteiger partial charge in [0, 0.05) is 11.7 Å². The lowest BCUT2D eigenvalue weighted by Crippen LogP contribution is -2.37. The lowest BCUT2D eigenvalue weighted by molar-refractivity contribution is -0.137. The lowest BCUT2D eigenvalue weighted by Gasteiger charge is -2.22. The first kappa shape index (κ1) is 15.0. The minimum atomic E-state index is -4.32. The Hall–Kier alpha value is -1.04. The van der Waals surface area contributed by atoms with Crippen LogP contribution in [0.1, 0.15) is 45.7 Å². The second-order valence-corrected chi connectivity index (χ2v) is 5.52. The molecule has 1 unspecified atom stereocenters. The smallest absolute Gasteiger partial charge is 0.312 e. The predicted octanol–water partition coefficient (Wildman–Crippen LogP) is 3.24. The SMILES string of the molecule is CC(CCNC(C)(C)C)n1cc(C(F)(F)F)cn1. The molecule has 0 saturated heterocycles. The summed E-state index contributed by atoms with van der Waals surface area (Å²) < 4.78 is 38.6. The van der Waals surface area contributed by atoms with Crippen LogP contribution in [-0.4, -0.2) is 21.9 Å². The van der Waals surface area contributed by atoms with Gasteiger partial charge in [0.2, 0.25) is 0 Å². The van der Waals surface area contributed by atoms with Crippen molar-refractivity contribution < 1.29 is 13.2 Å². The Balaban J connectivity index is 2.52. The first-order valence-electron chi connectivity index (χ1n) is 5.96. The van der Waals surface area contributed by atoms with Gasteiger partial charge >= 0.3 is 6.18 Å². The molecule has 0 fully saturated rings. The Morgan fingerprint density at radius 1 is 1.33 bits per heavy atom. The highest BCUT2D eigenvalue weighted by Crippen LogP contribution is 2.29. The van der Waals surface area contributed by atoms with Gasteiger partial charge in [0.25, 0.3) is 0 Å². The quantitative estimate of drug-likeness (QED) is 0.903. The third kappa shape index (κ3) is 4.68. The molecule has 0 saturated carbocycles. The normalized spacial score (nSPS) is 14.8. The number of hydrogen-bond donors (Lipinski definition) is 1. The van der Waals surface area contributed by atoms with E-state index in [0.717, 1.165) is 25.4 Å². The van der Waals surface area contributed by atoms with Crippen molar-refractivity contribution in [3.05, 3.63) is 18.0 Å². The van der Waals surface area contributed by atoms with E-state index in [1.807, 2.05) is 27.7 Å². The number of hydrogen-bond acceptors (Lipinski definition) is 2. The zero-order valence-electron chi connectivity index (χ0n) is 11.2. The Kier molecular flexibility index (Phi) is 4.42. The number of alkyl halides is 3. The van der Waals surface area contributed by atoms with Gasteiger partial charge in [-0.3, -0.25) is 4.68 Å². The van der Waals surface area contributed by atoms with Gasteiger partial charge < -0.3 is 5.32 Å². The highest BCUT2D eigenvalue weighted by Gasteiger charge is 2.32. The summed E-state index contributed by atoms with van der Waals surface area (Å²) in [6.07, 6.45) is -1.66. The van der Waals surface area contributed by atoms with Crippen molar-refractivity contribution in [3.8, 4) is 0 Å². The molecule has 1 atom stereocenters. The highest BCUT2D eigenvalue weighted by molar-refractivity contribution is 5.08. The van der Waals surface area contributed by atoms with E-state index in [9.17, 15) is 13.2 Å². The van der Waals surface area contributed by atoms with E-state index in [1.165, 1.54) is 4.68 Å². The maximum Gasteiger partial charge on any atom is 0.419 e. The van der Waals surface area contributed by atoms with Crippen LogP contribution in [0.25, 0.3) is 0 Å². The third-order valence-electron chi connectivity index (χ3n) is 2.60. The average Bonchev–Trinajstić information content (AvgIpc) is 2.62. The predicted molar refractivity (Wildman–Crippen MR) is 64.3 cm³/mol. The van der Waals surface area contributed by atoms with E-state index in [2.05, 4.69) is 10.4 Å². The molecule has 0 aliphatic heterocycles. The number of aromatic nitrogens is 2. The number of halogens is 3. The van der Waals surface area contributed by atoms with Crippen molar-refractivity contribution in [1.82, 2.24) is 15.1 Å². The maximum atomic E-state index is 12.4.